The molecule has 0 amide bonds. The average molecular weight is 206 g/mol. The average Bonchev–Trinajstić information content (AvgIpc) is 2.73. The molecule has 1 aromatic heterocycles. The summed E-state index contributed by atoms with van der Waals surface area (Å²) in [6, 6.07) is 4.92. The third-order valence-corrected chi connectivity index (χ3v) is 3.84. The van der Waals surface area contributed by atoms with E-state index in [9.17, 15) is 0 Å². The molecule has 1 aliphatic rings. The Labute approximate surface area is 92.5 Å². The number of aromatic amines is 1. The molecule has 3 unspecified atom stereocenters. The van der Waals surface area contributed by atoms with E-state index < -0.39 is 0 Å². The van der Waals surface area contributed by atoms with Crippen LogP contribution in [-0.2, 0) is 6.54 Å². The summed E-state index contributed by atoms with van der Waals surface area (Å²) < 4.78 is 0. The van der Waals surface area contributed by atoms with Crippen molar-refractivity contribution in [3.05, 3.63) is 24.0 Å². The molecule has 0 bridgehead atoms. The summed E-state index contributed by atoms with van der Waals surface area (Å²) in [6.07, 6.45) is 6.04. The smallest absolute Gasteiger partial charge is 0.0359 e. The fraction of sp³-hybridized carbons (Fsp3) is 0.692. The molecule has 2 N–H and O–H groups in total. The Morgan fingerprint density at radius 2 is 2.20 bits per heavy atom. The van der Waals surface area contributed by atoms with E-state index in [-0.39, 0.29) is 0 Å². The Morgan fingerprint density at radius 1 is 1.33 bits per heavy atom. The van der Waals surface area contributed by atoms with E-state index in [1.165, 1.54) is 25.0 Å². The van der Waals surface area contributed by atoms with Crippen LogP contribution in [0.3, 0.4) is 0 Å². The zero-order valence-electron chi connectivity index (χ0n) is 9.79. The lowest BCUT2D eigenvalue weighted by Gasteiger charge is -2.32. The van der Waals surface area contributed by atoms with Crippen LogP contribution in [0.1, 0.15) is 38.8 Å². The molecule has 0 aromatic carbocycles. The monoisotopic (exact) mass is 206 g/mol. The first-order chi connectivity index (χ1) is 7.25. The van der Waals surface area contributed by atoms with Crippen LogP contribution in [0.5, 0.6) is 0 Å². The lowest BCUT2D eigenvalue weighted by atomic mass is 9.79. The molecule has 15 heavy (non-hydrogen) atoms. The minimum atomic E-state index is 0.722. The number of hydrogen-bond donors (Lipinski definition) is 2. The van der Waals surface area contributed by atoms with Crippen molar-refractivity contribution in [1.82, 2.24) is 10.3 Å². The highest BCUT2D eigenvalue weighted by Crippen LogP contribution is 2.29. The number of nitrogens with one attached hydrogen (secondary N) is 2. The molecule has 1 saturated carbocycles. The zero-order chi connectivity index (χ0) is 10.7. The van der Waals surface area contributed by atoms with Crippen molar-refractivity contribution in [2.24, 2.45) is 11.8 Å². The predicted octanol–water partition coefficient (Wildman–Crippen LogP) is 2.93. The molecule has 1 aliphatic carbocycles. The number of rotatable bonds is 3. The minimum absolute atomic E-state index is 0.722. The highest BCUT2D eigenvalue weighted by atomic mass is 14.9. The fourth-order valence-electron chi connectivity index (χ4n) is 2.46. The Kier molecular flexibility index (Phi) is 3.47. The van der Waals surface area contributed by atoms with Gasteiger partial charge in [0.05, 0.1) is 0 Å². The van der Waals surface area contributed by atoms with Crippen LogP contribution in [0.4, 0.5) is 0 Å². The summed E-state index contributed by atoms with van der Waals surface area (Å²) >= 11 is 0. The van der Waals surface area contributed by atoms with Gasteiger partial charge >= 0.3 is 0 Å². The first kappa shape index (κ1) is 10.7. The molecule has 1 fully saturated rings. The lowest BCUT2D eigenvalue weighted by Crippen LogP contribution is -2.35. The van der Waals surface area contributed by atoms with Crippen LogP contribution in [0.25, 0.3) is 0 Å². The van der Waals surface area contributed by atoms with E-state index in [0.29, 0.717) is 0 Å². The van der Waals surface area contributed by atoms with Crippen LogP contribution < -0.4 is 5.32 Å². The van der Waals surface area contributed by atoms with Gasteiger partial charge in [0.15, 0.2) is 0 Å². The second kappa shape index (κ2) is 4.84. The van der Waals surface area contributed by atoms with E-state index in [2.05, 4.69) is 36.3 Å². The lowest BCUT2D eigenvalue weighted by molar-refractivity contribution is 0.225. The van der Waals surface area contributed by atoms with Gasteiger partial charge in [0.1, 0.15) is 0 Å². The van der Waals surface area contributed by atoms with Gasteiger partial charge in [-0.1, -0.05) is 13.8 Å². The summed E-state index contributed by atoms with van der Waals surface area (Å²) in [5.41, 5.74) is 1.29. The second-order valence-corrected chi connectivity index (χ2v) is 5.04. The number of aromatic nitrogens is 1. The fourth-order valence-corrected chi connectivity index (χ4v) is 2.46. The van der Waals surface area contributed by atoms with E-state index in [1.54, 1.807) is 0 Å². The maximum atomic E-state index is 3.64. The molecule has 0 radical (unpaired) electrons. The van der Waals surface area contributed by atoms with Gasteiger partial charge in [-0.25, -0.2) is 0 Å². The molecule has 1 aromatic rings. The molecule has 3 atom stereocenters. The summed E-state index contributed by atoms with van der Waals surface area (Å²) in [5, 5.41) is 3.64. The number of H-pyrrole nitrogens is 1. The molecule has 0 saturated heterocycles. The highest BCUT2D eigenvalue weighted by Gasteiger charge is 2.23. The molecular formula is C13H22N2. The third-order valence-electron chi connectivity index (χ3n) is 3.84. The van der Waals surface area contributed by atoms with Gasteiger partial charge in [0, 0.05) is 24.5 Å². The second-order valence-electron chi connectivity index (χ2n) is 5.04. The molecule has 0 aliphatic heterocycles. The molecule has 1 heterocycles. The van der Waals surface area contributed by atoms with Crippen LogP contribution in [0, 0.1) is 11.8 Å². The third kappa shape index (κ3) is 2.85. The van der Waals surface area contributed by atoms with Crippen molar-refractivity contribution in [3.8, 4) is 0 Å². The molecule has 0 spiro atoms. The van der Waals surface area contributed by atoms with Crippen molar-refractivity contribution in [2.75, 3.05) is 0 Å². The van der Waals surface area contributed by atoms with Crippen molar-refractivity contribution in [1.29, 1.82) is 0 Å². The Hall–Kier alpha value is -0.760. The molecule has 84 valence electrons. The Balaban J connectivity index is 1.76. The van der Waals surface area contributed by atoms with Crippen LogP contribution >= 0.6 is 0 Å². The van der Waals surface area contributed by atoms with Crippen LogP contribution in [0.15, 0.2) is 18.3 Å². The van der Waals surface area contributed by atoms with Gasteiger partial charge in [0.2, 0.25) is 0 Å². The Morgan fingerprint density at radius 3 is 2.87 bits per heavy atom. The largest absolute Gasteiger partial charge is 0.364 e. The van der Waals surface area contributed by atoms with E-state index in [4.69, 9.17) is 0 Å². The predicted molar refractivity (Wildman–Crippen MR) is 63.6 cm³/mol. The van der Waals surface area contributed by atoms with Crippen molar-refractivity contribution in [3.63, 3.8) is 0 Å². The van der Waals surface area contributed by atoms with Gasteiger partial charge < -0.3 is 10.3 Å². The van der Waals surface area contributed by atoms with Crippen LogP contribution in [-0.4, -0.2) is 11.0 Å². The van der Waals surface area contributed by atoms with Gasteiger partial charge in [0.25, 0.3) is 0 Å². The maximum Gasteiger partial charge on any atom is 0.0359 e. The first-order valence-electron chi connectivity index (χ1n) is 6.11. The highest BCUT2D eigenvalue weighted by molar-refractivity contribution is 5.03. The summed E-state index contributed by atoms with van der Waals surface area (Å²) in [4.78, 5) is 3.23. The molecular weight excluding hydrogens is 184 g/mol. The standard InChI is InChI=1S/C13H22N2/c1-10-5-6-12(8-11(10)2)15-9-13-4-3-7-14-13/h3-4,7,10-12,14-15H,5-6,8-9H2,1-2H3. The van der Waals surface area contributed by atoms with E-state index in [1.807, 2.05) is 6.20 Å². The van der Waals surface area contributed by atoms with Crippen LogP contribution in [0.2, 0.25) is 0 Å². The topological polar surface area (TPSA) is 27.8 Å². The molecule has 2 heteroatoms. The first-order valence-corrected chi connectivity index (χ1v) is 6.11. The van der Waals surface area contributed by atoms with E-state index >= 15 is 0 Å². The molecule has 2 rings (SSSR count). The minimum Gasteiger partial charge on any atom is -0.364 e. The van der Waals surface area contributed by atoms with Crippen molar-refractivity contribution >= 4 is 0 Å². The van der Waals surface area contributed by atoms with Gasteiger partial charge in [-0.05, 0) is 43.2 Å². The summed E-state index contributed by atoms with van der Waals surface area (Å²) in [6.45, 7) is 5.75. The summed E-state index contributed by atoms with van der Waals surface area (Å²) in [7, 11) is 0. The van der Waals surface area contributed by atoms with Crippen molar-refractivity contribution in [2.45, 2.75) is 45.7 Å². The van der Waals surface area contributed by atoms with Crippen molar-refractivity contribution < 1.29 is 0 Å². The Bertz CT molecular complexity index is 279. The number of hydrogen-bond acceptors (Lipinski definition) is 1. The van der Waals surface area contributed by atoms with Gasteiger partial charge in [-0.3, -0.25) is 0 Å². The molecule has 2 nitrogen and oxygen atoms in total. The quantitative estimate of drug-likeness (QED) is 0.782. The van der Waals surface area contributed by atoms with Gasteiger partial charge in [-0.15, -0.1) is 0 Å². The summed E-state index contributed by atoms with van der Waals surface area (Å²) in [5.74, 6) is 1.79. The van der Waals surface area contributed by atoms with E-state index in [0.717, 1.165) is 24.4 Å². The van der Waals surface area contributed by atoms with Gasteiger partial charge in [-0.2, -0.15) is 0 Å². The zero-order valence-corrected chi connectivity index (χ0v) is 9.79. The maximum absolute atomic E-state index is 3.64. The normalized spacial score (nSPS) is 31.7. The SMILES string of the molecule is CC1CCC(NCc2ccc[nH]2)CC1C.